The first kappa shape index (κ1) is 14.6. The summed E-state index contributed by atoms with van der Waals surface area (Å²) in [5.41, 5.74) is -1.57. The van der Waals surface area contributed by atoms with Crippen LogP contribution < -0.4 is 5.32 Å². The van der Waals surface area contributed by atoms with E-state index in [2.05, 4.69) is 5.32 Å². The molecule has 0 spiro atoms. The van der Waals surface area contributed by atoms with Crippen molar-refractivity contribution in [3.8, 4) is 0 Å². The number of nitrogens with zero attached hydrogens (tertiary/aromatic N) is 2. The van der Waals surface area contributed by atoms with Gasteiger partial charge >= 0.3 is 5.69 Å². The van der Waals surface area contributed by atoms with Crippen LogP contribution in [0.1, 0.15) is 10.4 Å². The zero-order valence-electron chi connectivity index (χ0n) is 10.8. The fourth-order valence-corrected chi connectivity index (χ4v) is 1.76. The van der Waals surface area contributed by atoms with Crippen molar-refractivity contribution in [3.63, 3.8) is 0 Å². The van der Waals surface area contributed by atoms with Gasteiger partial charge in [0.1, 0.15) is 5.82 Å². The van der Waals surface area contributed by atoms with E-state index in [1.807, 2.05) is 12.1 Å². The number of rotatable bonds is 5. The molecule has 21 heavy (non-hydrogen) atoms. The molecule has 1 heterocycles. The van der Waals surface area contributed by atoms with Crippen molar-refractivity contribution < 1.29 is 18.5 Å². The number of carbonyl (C=O) groups is 1. The van der Waals surface area contributed by atoms with E-state index >= 15 is 0 Å². The molecule has 2 aromatic rings. The number of nitro groups is 1. The minimum Gasteiger partial charge on any atom is -0.353 e. The number of amides is 1. The number of nitrogens with one attached hydrogen (secondary N) is 1. The Kier molecular flexibility index (Phi) is 4.27. The first-order valence-corrected chi connectivity index (χ1v) is 6.01. The lowest BCUT2D eigenvalue weighted by Gasteiger charge is -2.07. The van der Waals surface area contributed by atoms with E-state index < -0.39 is 33.7 Å². The molecule has 110 valence electrons. The van der Waals surface area contributed by atoms with E-state index in [9.17, 15) is 23.7 Å². The normalized spacial score (nSPS) is 10.4. The molecule has 0 unspecified atom stereocenters. The molecule has 0 atom stereocenters. The quantitative estimate of drug-likeness (QED) is 0.678. The maximum absolute atomic E-state index is 13.6. The van der Waals surface area contributed by atoms with Gasteiger partial charge in [-0.1, -0.05) is 0 Å². The van der Waals surface area contributed by atoms with Gasteiger partial charge in [-0.15, -0.1) is 0 Å². The Morgan fingerprint density at radius 3 is 2.52 bits per heavy atom. The zero-order chi connectivity index (χ0) is 15.4. The lowest BCUT2D eigenvalue weighted by molar-refractivity contribution is -0.387. The molecule has 0 radical (unpaired) electrons. The van der Waals surface area contributed by atoms with E-state index in [0.29, 0.717) is 18.7 Å². The van der Waals surface area contributed by atoms with E-state index in [0.717, 1.165) is 0 Å². The summed E-state index contributed by atoms with van der Waals surface area (Å²) in [4.78, 5) is 21.1. The summed E-state index contributed by atoms with van der Waals surface area (Å²) in [6, 6.07) is 4.55. The molecule has 1 aromatic heterocycles. The Morgan fingerprint density at radius 1 is 1.24 bits per heavy atom. The lowest BCUT2D eigenvalue weighted by atomic mass is 10.1. The summed E-state index contributed by atoms with van der Waals surface area (Å²) in [6.07, 6.45) is 3.58. The Morgan fingerprint density at radius 2 is 1.90 bits per heavy atom. The van der Waals surface area contributed by atoms with Crippen molar-refractivity contribution in [2.45, 2.75) is 6.54 Å². The highest BCUT2D eigenvalue weighted by atomic mass is 19.1. The van der Waals surface area contributed by atoms with Gasteiger partial charge in [-0.2, -0.15) is 4.39 Å². The van der Waals surface area contributed by atoms with Crippen molar-refractivity contribution >= 4 is 11.6 Å². The second kappa shape index (κ2) is 6.12. The number of carbonyl (C=O) groups excluding carboxylic acids is 1. The van der Waals surface area contributed by atoms with Gasteiger partial charge in [0, 0.05) is 25.5 Å². The minimum absolute atomic E-state index is 0.214. The third-order valence-electron chi connectivity index (χ3n) is 2.80. The van der Waals surface area contributed by atoms with Gasteiger partial charge < -0.3 is 9.88 Å². The third-order valence-corrected chi connectivity index (χ3v) is 2.80. The van der Waals surface area contributed by atoms with E-state index in [1.165, 1.54) is 0 Å². The highest BCUT2D eigenvalue weighted by Crippen LogP contribution is 2.21. The average molecular weight is 295 g/mol. The molecule has 0 fully saturated rings. The van der Waals surface area contributed by atoms with Crippen LogP contribution in [0.5, 0.6) is 0 Å². The molecule has 0 aliphatic carbocycles. The molecular weight excluding hydrogens is 284 g/mol. The summed E-state index contributed by atoms with van der Waals surface area (Å²) < 4.78 is 28.8. The van der Waals surface area contributed by atoms with Crippen LogP contribution in [-0.4, -0.2) is 21.9 Å². The van der Waals surface area contributed by atoms with E-state index in [1.54, 1.807) is 17.0 Å². The van der Waals surface area contributed by atoms with Crippen molar-refractivity contribution in [1.82, 2.24) is 9.88 Å². The minimum atomic E-state index is -1.25. The molecule has 2 rings (SSSR count). The number of nitro benzene ring substituents is 1. The molecule has 0 aliphatic heterocycles. The predicted molar refractivity (Wildman–Crippen MR) is 69.8 cm³/mol. The van der Waals surface area contributed by atoms with Crippen molar-refractivity contribution in [2.75, 3.05) is 6.54 Å². The SMILES string of the molecule is O=C(NCCn1cccc1)c1cc(F)c([N+](=O)[O-])cc1F. The van der Waals surface area contributed by atoms with Gasteiger partial charge in [0.2, 0.25) is 5.82 Å². The van der Waals surface area contributed by atoms with Gasteiger partial charge in [0.25, 0.3) is 5.91 Å². The van der Waals surface area contributed by atoms with Gasteiger partial charge in [-0.05, 0) is 18.2 Å². The summed E-state index contributed by atoms with van der Waals surface area (Å²) in [5.74, 6) is -3.22. The fourth-order valence-electron chi connectivity index (χ4n) is 1.76. The Balaban J connectivity index is 2.05. The largest absolute Gasteiger partial charge is 0.353 e. The van der Waals surface area contributed by atoms with Crippen LogP contribution in [0.15, 0.2) is 36.7 Å². The molecule has 0 saturated heterocycles. The fraction of sp³-hybridized carbons (Fsp3) is 0.154. The van der Waals surface area contributed by atoms with Crippen LogP contribution in [0.2, 0.25) is 0 Å². The smallest absolute Gasteiger partial charge is 0.307 e. The molecule has 6 nitrogen and oxygen atoms in total. The molecule has 1 amide bonds. The molecule has 0 bridgehead atoms. The Labute approximate surface area is 118 Å². The second-order valence-electron chi connectivity index (χ2n) is 4.22. The summed E-state index contributed by atoms with van der Waals surface area (Å²) in [5, 5.41) is 12.9. The highest BCUT2D eigenvalue weighted by molar-refractivity contribution is 5.94. The van der Waals surface area contributed by atoms with Crippen molar-refractivity contribution in [3.05, 3.63) is 64.0 Å². The third kappa shape index (κ3) is 3.41. The number of hydrogen-bond donors (Lipinski definition) is 1. The maximum atomic E-state index is 13.6. The molecular formula is C13H11F2N3O3. The van der Waals surface area contributed by atoms with Gasteiger partial charge in [-0.25, -0.2) is 4.39 Å². The first-order valence-electron chi connectivity index (χ1n) is 6.01. The number of hydrogen-bond acceptors (Lipinski definition) is 3. The van der Waals surface area contributed by atoms with E-state index in [-0.39, 0.29) is 6.54 Å². The lowest BCUT2D eigenvalue weighted by Crippen LogP contribution is -2.28. The van der Waals surface area contributed by atoms with Gasteiger partial charge in [-0.3, -0.25) is 14.9 Å². The molecule has 1 N–H and O–H groups in total. The topological polar surface area (TPSA) is 77.2 Å². The Hall–Kier alpha value is -2.77. The monoisotopic (exact) mass is 295 g/mol. The van der Waals surface area contributed by atoms with Crippen LogP contribution in [-0.2, 0) is 6.54 Å². The van der Waals surface area contributed by atoms with Gasteiger partial charge in [0.15, 0.2) is 0 Å². The molecule has 0 saturated carbocycles. The highest BCUT2D eigenvalue weighted by Gasteiger charge is 2.21. The van der Waals surface area contributed by atoms with Crippen LogP contribution in [0.25, 0.3) is 0 Å². The molecule has 1 aromatic carbocycles. The van der Waals surface area contributed by atoms with Crippen molar-refractivity contribution in [1.29, 1.82) is 0 Å². The Bertz CT molecular complexity index is 672. The van der Waals surface area contributed by atoms with Crippen LogP contribution in [0.4, 0.5) is 14.5 Å². The van der Waals surface area contributed by atoms with Crippen LogP contribution >= 0.6 is 0 Å². The summed E-state index contributed by atoms with van der Waals surface area (Å²) in [6.45, 7) is 0.682. The zero-order valence-corrected chi connectivity index (χ0v) is 10.8. The second-order valence-corrected chi connectivity index (χ2v) is 4.22. The van der Waals surface area contributed by atoms with E-state index in [4.69, 9.17) is 0 Å². The summed E-state index contributed by atoms with van der Waals surface area (Å²) >= 11 is 0. The first-order chi connectivity index (χ1) is 9.99. The van der Waals surface area contributed by atoms with Crippen LogP contribution in [0.3, 0.4) is 0 Å². The molecule has 8 heteroatoms. The van der Waals surface area contributed by atoms with Crippen LogP contribution in [0, 0.1) is 21.7 Å². The summed E-state index contributed by atoms with van der Waals surface area (Å²) in [7, 11) is 0. The maximum Gasteiger partial charge on any atom is 0.307 e. The average Bonchev–Trinajstić information content (AvgIpc) is 2.93. The number of benzene rings is 1. The predicted octanol–water partition coefficient (Wildman–Crippen LogP) is 2.10. The number of aromatic nitrogens is 1. The standard InChI is InChI=1S/C13H11F2N3O3/c14-10-8-12(18(20)21)11(15)7-9(10)13(19)16-3-6-17-4-1-2-5-17/h1-2,4-5,7-8H,3,6H2,(H,16,19). The van der Waals surface area contributed by atoms with Gasteiger partial charge in [0.05, 0.1) is 16.6 Å². The molecule has 0 aliphatic rings. The van der Waals surface area contributed by atoms with Crippen molar-refractivity contribution in [2.24, 2.45) is 0 Å². The number of halogens is 2.